The van der Waals surface area contributed by atoms with Gasteiger partial charge in [-0.15, -0.1) is 0 Å². The fourth-order valence-electron chi connectivity index (χ4n) is 2.77. The molecule has 22 heavy (non-hydrogen) atoms. The molecule has 1 aliphatic rings. The number of benzene rings is 2. The molecule has 5 nitrogen and oxygen atoms in total. The van der Waals surface area contributed by atoms with Crippen LogP contribution in [-0.4, -0.2) is 24.4 Å². The van der Waals surface area contributed by atoms with Gasteiger partial charge >= 0.3 is 5.63 Å². The highest BCUT2D eigenvalue weighted by Gasteiger charge is 2.18. The first kappa shape index (κ1) is 13.2. The molecule has 5 heteroatoms. The molecule has 1 fully saturated rings. The Morgan fingerprint density at radius 2 is 1.95 bits per heavy atom. The smallest absolute Gasteiger partial charge is 0.344 e. The normalized spacial score (nSPS) is 18.1. The highest BCUT2D eigenvalue weighted by atomic mass is 16.5. The van der Waals surface area contributed by atoms with Crippen molar-refractivity contribution in [3.63, 3.8) is 0 Å². The molecule has 2 heterocycles. The monoisotopic (exact) mass is 298 g/mol. The number of hydrogen-bond donors (Lipinski definition) is 1. The van der Waals surface area contributed by atoms with E-state index in [-0.39, 0.29) is 11.9 Å². The summed E-state index contributed by atoms with van der Waals surface area (Å²) in [5.74, 6) is 0.758. The first-order valence-corrected chi connectivity index (χ1v) is 7.15. The molecular weight excluding hydrogens is 284 g/mol. The van der Waals surface area contributed by atoms with Gasteiger partial charge in [-0.2, -0.15) is 0 Å². The van der Waals surface area contributed by atoms with Gasteiger partial charge in [0.2, 0.25) is 0 Å². The van der Waals surface area contributed by atoms with E-state index in [0.29, 0.717) is 29.9 Å². The molecule has 0 bridgehead atoms. The van der Waals surface area contributed by atoms with E-state index >= 15 is 0 Å². The first-order valence-electron chi connectivity index (χ1n) is 7.15. The summed E-state index contributed by atoms with van der Waals surface area (Å²) >= 11 is 0. The zero-order chi connectivity index (χ0) is 15.1. The van der Waals surface area contributed by atoms with Crippen molar-refractivity contribution >= 4 is 21.7 Å². The summed E-state index contributed by atoms with van der Waals surface area (Å²) in [5, 5.41) is 11.5. The minimum atomic E-state index is -0.427. The zero-order valence-electron chi connectivity index (χ0n) is 11.7. The van der Waals surface area contributed by atoms with Crippen LogP contribution >= 0.6 is 0 Å². The van der Waals surface area contributed by atoms with Crippen molar-refractivity contribution < 1.29 is 19.0 Å². The fourth-order valence-corrected chi connectivity index (χ4v) is 2.77. The van der Waals surface area contributed by atoms with Crippen LogP contribution in [0.5, 0.6) is 11.5 Å². The van der Waals surface area contributed by atoms with Gasteiger partial charge in [-0.3, -0.25) is 0 Å². The third-order valence-corrected chi connectivity index (χ3v) is 3.86. The molecular formula is C17H14O5. The SMILES string of the molecule is O=c1oc2cc(O)ccc2c2cc(OC3CCOC3)ccc12. The second-order valence-electron chi connectivity index (χ2n) is 5.38. The highest BCUT2D eigenvalue weighted by molar-refractivity contribution is 6.05. The number of fused-ring (bicyclic) bond motifs is 3. The summed E-state index contributed by atoms with van der Waals surface area (Å²) < 4.78 is 16.4. The maximum absolute atomic E-state index is 12.1. The van der Waals surface area contributed by atoms with Gasteiger partial charge < -0.3 is 19.0 Å². The van der Waals surface area contributed by atoms with E-state index in [2.05, 4.69) is 0 Å². The summed E-state index contributed by atoms with van der Waals surface area (Å²) in [6, 6.07) is 10.1. The van der Waals surface area contributed by atoms with Crippen LogP contribution in [0.25, 0.3) is 21.7 Å². The summed E-state index contributed by atoms with van der Waals surface area (Å²) in [6.45, 7) is 1.30. The topological polar surface area (TPSA) is 68.9 Å². The quantitative estimate of drug-likeness (QED) is 0.582. The molecule has 3 aromatic rings. The van der Waals surface area contributed by atoms with Crippen molar-refractivity contribution in [1.82, 2.24) is 0 Å². The van der Waals surface area contributed by atoms with Gasteiger partial charge in [-0.1, -0.05) is 0 Å². The third kappa shape index (κ3) is 2.19. The molecule has 2 aromatic carbocycles. The van der Waals surface area contributed by atoms with E-state index in [1.165, 1.54) is 6.07 Å². The van der Waals surface area contributed by atoms with E-state index in [0.717, 1.165) is 17.2 Å². The minimum absolute atomic E-state index is 0.0490. The van der Waals surface area contributed by atoms with Crippen LogP contribution in [0.1, 0.15) is 6.42 Å². The first-order chi connectivity index (χ1) is 10.7. The van der Waals surface area contributed by atoms with Crippen molar-refractivity contribution in [2.24, 2.45) is 0 Å². The average Bonchev–Trinajstić information content (AvgIpc) is 3.00. The Morgan fingerprint density at radius 1 is 1.09 bits per heavy atom. The molecule has 1 saturated heterocycles. The van der Waals surface area contributed by atoms with Crippen LogP contribution in [0.2, 0.25) is 0 Å². The van der Waals surface area contributed by atoms with Gasteiger partial charge in [0.05, 0.1) is 18.6 Å². The number of rotatable bonds is 2. The maximum Gasteiger partial charge on any atom is 0.344 e. The molecule has 1 aliphatic heterocycles. The molecule has 1 N–H and O–H groups in total. The number of ether oxygens (including phenoxy) is 2. The van der Waals surface area contributed by atoms with E-state index in [4.69, 9.17) is 13.9 Å². The standard InChI is InChI=1S/C17H14O5/c18-10-1-3-13-15-8-11(21-12-5-6-20-9-12)2-4-14(15)17(19)22-16(13)7-10/h1-4,7-8,12,18H,5-6,9H2. The van der Waals surface area contributed by atoms with Crippen molar-refractivity contribution in [1.29, 1.82) is 0 Å². The number of aromatic hydroxyl groups is 1. The number of phenols is 1. The lowest BCUT2D eigenvalue weighted by molar-refractivity contribution is 0.141. The van der Waals surface area contributed by atoms with Gasteiger partial charge in [0, 0.05) is 23.3 Å². The Hall–Kier alpha value is -2.53. The van der Waals surface area contributed by atoms with E-state index in [1.807, 2.05) is 6.07 Å². The highest BCUT2D eigenvalue weighted by Crippen LogP contribution is 2.29. The van der Waals surface area contributed by atoms with Crippen molar-refractivity contribution in [3.05, 3.63) is 46.8 Å². The lowest BCUT2D eigenvalue weighted by atomic mass is 10.1. The van der Waals surface area contributed by atoms with Gasteiger partial charge in [0.1, 0.15) is 23.2 Å². The second-order valence-corrected chi connectivity index (χ2v) is 5.38. The summed E-state index contributed by atoms with van der Waals surface area (Å²) in [7, 11) is 0. The van der Waals surface area contributed by atoms with Crippen molar-refractivity contribution in [2.75, 3.05) is 13.2 Å². The maximum atomic E-state index is 12.1. The van der Waals surface area contributed by atoms with Crippen molar-refractivity contribution in [2.45, 2.75) is 12.5 Å². The predicted octanol–water partition coefficient (Wildman–Crippen LogP) is 2.82. The van der Waals surface area contributed by atoms with E-state index in [1.54, 1.807) is 24.3 Å². The Morgan fingerprint density at radius 3 is 2.77 bits per heavy atom. The van der Waals surface area contributed by atoms with Gasteiger partial charge in [0.15, 0.2) is 0 Å². The van der Waals surface area contributed by atoms with Crippen LogP contribution < -0.4 is 10.4 Å². The molecule has 1 unspecified atom stereocenters. The molecule has 0 aliphatic carbocycles. The van der Waals surface area contributed by atoms with Crippen LogP contribution in [0.15, 0.2) is 45.6 Å². The minimum Gasteiger partial charge on any atom is -0.508 e. The predicted molar refractivity (Wildman–Crippen MR) is 81.5 cm³/mol. The van der Waals surface area contributed by atoms with Gasteiger partial charge in [0.25, 0.3) is 0 Å². The van der Waals surface area contributed by atoms with Gasteiger partial charge in [-0.05, 0) is 30.3 Å². The zero-order valence-corrected chi connectivity index (χ0v) is 11.7. The molecule has 4 rings (SSSR count). The molecule has 0 saturated carbocycles. The molecule has 0 radical (unpaired) electrons. The van der Waals surface area contributed by atoms with Crippen LogP contribution in [-0.2, 0) is 4.74 Å². The number of hydrogen-bond acceptors (Lipinski definition) is 5. The average molecular weight is 298 g/mol. The van der Waals surface area contributed by atoms with Gasteiger partial charge in [-0.25, -0.2) is 4.79 Å². The van der Waals surface area contributed by atoms with Crippen LogP contribution in [0, 0.1) is 0 Å². The summed E-state index contributed by atoms with van der Waals surface area (Å²) in [4.78, 5) is 12.1. The van der Waals surface area contributed by atoms with Crippen molar-refractivity contribution in [3.8, 4) is 11.5 Å². The lowest BCUT2D eigenvalue weighted by Crippen LogP contribution is -2.15. The largest absolute Gasteiger partial charge is 0.508 e. The van der Waals surface area contributed by atoms with E-state index < -0.39 is 5.63 Å². The Balaban J connectivity index is 1.89. The Bertz CT molecular complexity index is 906. The molecule has 112 valence electrons. The molecule has 0 spiro atoms. The summed E-state index contributed by atoms with van der Waals surface area (Å²) in [5.41, 5.74) is -0.0669. The summed E-state index contributed by atoms with van der Waals surface area (Å²) in [6.07, 6.45) is 0.914. The Labute approximate surface area is 125 Å². The molecule has 0 amide bonds. The van der Waals surface area contributed by atoms with Crippen LogP contribution in [0.3, 0.4) is 0 Å². The lowest BCUT2D eigenvalue weighted by Gasteiger charge is -2.12. The Kier molecular flexibility index (Phi) is 3.01. The fraction of sp³-hybridized carbons (Fsp3) is 0.235. The van der Waals surface area contributed by atoms with Crippen LogP contribution in [0.4, 0.5) is 0 Å². The molecule has 1 aromatic heterocycles. The second kappa shape index (κ2) is 5.03. The molecule has 1 atom stereocenters. The third-order valence-electron chi connectivity index (χ3n) is 3.86. The van der Waals surface area contributed by atoms with E-state index in [9.17, 15) is 9.90 Å². The number of phenolic OH excluding ortho intramolecular Hbond substituents is 1.